The van der Waals surface area contributed by atoms with Gasteiger partial charge in [0.25, 0.3) is 0 Å². The largest absolute Gasteiger partial charge is 0.444 e. The Hall–Kier alpha value is -0.633. The van der Waals surface area contributed by atoms with Crippen LogP contribution in [-0.2, 0) is 9.16 Å². The fourth-order valence-corrected chi connectivity index (χ4v) is 4.28. The Balaban J connectivity index is 2.92. The molecule has 0 aromatic rings. The van der Waals surface area contributed by atoms with E-state index in [0.29, 0.717) is 25.9 Å². The van der Waals surface area contributed by atoms with Crippen molar-refractivity contribution >= 4 is 14.4 Å². The fourth-order valence-electron chi connectivity index (χ4n) is 2.92. The summed E-state index contributed by atoms with van der Waals surface area (Å²) in [7, 11) is -1.95. The van der Waals surface area contributed by atoms with Crippen molar-refractivity contribution in [3.05, 3.63) is 0 Å². The zero-order valence-electron chi connectivity index (χ0n) is 18.0. The number of amides is 1. The van der Waals surface area contributed by atoms with E-state index in [0.717, 1.165) is 6.42 Å². The van der Waals surface area contributed by atoms with Gasteiger partial charge in [-0.25, -0.2) is 4.79 Å². The summed E-state index contributed by atoms with van der Waals surface area (Å²) in [5.41, 5.74) is 5.01. The molecule has 0 aromatic heterocycles. The van der Waals surface area contributed by atoms with Crippen LogP contribution in [0.5, 0.6) is 0 Å². The summed E-state index contributed by atoms with van der Waals surface area (Å²) in [5.74, 6) is 0. The molecule has 3 atom stereocenters. The van der Waals surface area contributed by atoms with E-state index in [9.17, 15) is 9.90 Å². The first kappa shape index (κ1) is 23.4. The molecule has 26 heavy (non-hydrogen) atoms. The summed E-state index contributed by atoms with van der Waals surface area (Å²) in [6.45, 7) is 17.6. The normalized spacial score (nSPS) is 23.2. The number of hydrogen-bond donors (Lipinski definition) is 2. The van der Waals surface area contributed by atoms with Crippen molar-refractivity contribution in [2.75, 3.05) is 13.1 Å². The van der Waals surface area contributed by atoms with Crippen molar-refractivity contribution in [2.24, 2.45) is 5.73 Å². The second-order valence-electron chi connectivity index (χ2n) is 9.93. The molecule has 1 amide bonds. The van der Waals surface area contributed by atoms with Crippen molar-refractivity contribution in [3.63, 3.8) is 0 Å². The molecular formula is C19H40N2O4Si. The molecule has 0 aliphatic carbocycles. The summed E-state index contributed by atoms with van der Waals surface area (Å²) in [5, 5.41) is 10.7. The van der Waals surface area contributed by atoms with Gasteiger partial charge in [0.15, 0.2) is 8.32 Å². The zero-order valence-corrected chi connectivity index (χ0v) is 19.0. The maximum Gasteiger partial charge on any atom is 0.410 e. The molecule has 1 aliphatic heterocycles. The van der Waals surface area contributed by atoms with Gasteiger partial charge < -0.3 is 20.0 Å². The predicted molar refractivity (Wildman–Crippen MR) is 108 cm³/mol. The summed E-state index contributed by atoms with van der Waals surface area (Å²) >= 11 is 0. The van der Waals surface area contributed by atoms with Gasteiger partial charge in [0.1, 0.15) is 5.60 Å². The highest BCUT2D eigenvalue weighted by molar-refractivity contribution is 6.74. The molecule has 1 saturated heterocycles. The number of aliphatic hydroxyl groups is 1. The van der Waals surface area contributed by atoms with E-state index in [1.165, 1.54) is 0 Å². The lowest BCUT2D eigenvalue weighted by Crippen LogP contribution is -2.46. The lowest BCUT2D eigenvalue weighted by molar-refractivity contribution is 0.00334. The Morgan fingerprint density at radius 2 is 1.85 bits per heavy atom. The molecule has 0 radical (unpaired) electrons. The molecule has 1 aliphatic rings. The molecule has 0 saturated carbocycles. The molecule has 0 aromatic carbocycles. The first-order valence-corrected chi connectivity index (χ1v) is 12.6. The van der Waals surface area contributed by atoms with Crippen molar-refractivity contribution in [1.82, 2.24) is 4.90 Å². The third-order valence-corrected chi connectivity index (χ3v) is 9.88. The second-order valence-corrected chi connectivity index (χ2v) is 14.7. The summed E-state index contributed by atoms with van der Waals surface area (Å²) in [6, 6.07) is -0.286. The number of carbonyl (C=O) groups is 1. The first-order chi connectivity index (χ1) is 11.7. The van der Waals surface area contributed by atoms with Gasteiger partial charge in [-0.05, 0) is 64.7 Å². The van der Waals surface area contributed by atoms with Crippen LogP contribution in [0.2, 0.25) is 18.1 Å². The minimum atomic E-state index is -1.95. The van der Waals surface area contributed by atoms with Gasteiger partial charge in [0.2, 0.25) is 0 Å². The molecule has 154 valence electrons. The molecule has 3 N–H and O–H groups in total. The number of aliphatic hydroxyl groups excluding tert-OH is 1. The van der Waals surface area contributed by atoms with E-state index in [-0.39, 0.29) is 23.3 Å². The van der Waals surface area contributed by atoms with Crippen molar-refractivity contribution in [1.29, 1.82) is 0 Å². The topological polar surface area (TPSA) is 85.0 Å². The van der Waals surface area contributed by atoms with Gasteiger partial charge in [-0.15, -0.1) is 0 Å². The number of nitrogens with two attached hydrogens (primary N) is 1. The number of ether oxygens (including phenoxy) is 1. The molecule has 0 unspecified atom stereocenters. The Kier molecular flexibility index (Phi) is 7.73. The summed E-state index contributed by atoms with van der Waals surface area (Å²) in [6.07, 6.45) is 0.883. The van der Waals surface area contributed by atoms with Crippen molar-refractivity contribution in [3.8, 4) is 0 Å². The van der Waals surface area contributed by atoms with E-state index in [1.54, 1.807) is 4.90 Å². The molecule has 1 heterocycles. The molecule has 0 bridgehead atoms. The quantitative estimate of drug-likeness (QED) is 0.680. The SMILES string of the molecule is CC(C)(C)OC(=O)N1C[C@H](O[Si](C)(C)C(C)(C)C)C[C@H]1[C@H](O)CCCN. The van der Waals surface area contributed by atoms with E-state index in [2.05, 4.69) is 33.9 Å². The number of hydrogen-bond acceptors (Lipinski definition) is 5. The third-order valence-electron chi connectivity index (χ3n) is 5.35. The number of rotatable bonds is 6. The van der Waals surface area contributed by atoms with Gasteiger partial charge in [-0.3, -0.25) is 4.90 Å². The summed E-state index contributed by atoms with van der Waals surface area (Å²) in [4.78, 5) is 14.3. The molecule has 7 heteroatoms. The van der Waals surface area contributed by atoms with Crippen LogP contribution in [0, 0.1) is 0 Å². The zero-order chi connectivity index (χ0) is 20.3. The van der Waals surface area contributed by atoms with Crippen LogP contribution in [0.1, 0.15) is 60.8 Å². The minimum Gasteiger partial charge on any atom is -0.444 e. The Bertz CT molecular complexity index is 471. The lowest BCUT2D eigenvalue weighted by atomic mass is 10.0. The maximum atomic E-state index is 12.7. The van der Waals surface area contributed by atoms with Crippen LogP contribution in [0.25, 0.3) is 0 Å². The Morgan fingerprint density at radius 1 is 1.27 bits per heavy atom. The first-order valence-electron chi connectivity index (χ1n) is 9.73. The van der Waals surface area contributed by atoms with Crippen LogP contribution < -0.4 is 5.73 Å². The number of carbonyl (C=O) groups excluding carboxylic acids is 1. The molecule has 6 nitrogen and oxygen atoms in total. The van der Waals surface area contributed by atoms with Gasteiger partial charge in [0, 0.05) is 6.54 Å². The van der Waals surface area contributed by atoms with Crippen LogP contribution in [-0.4, -0.2) is 61.4 Å². The monoisotopic (exact) mass is 388 g/mol. The van der Waals surface area contributed by atoms with Gasteiger partial charge >= 0.3 is 6.09 Å². The van der Waals surface area contributed by atoms with Gasteiger partial charge in [-0.2, -0.15) is 0 Å². The fraction of sp³-hybridized carbons (Fsp3) is 0.947. The molecular weight excluding hydrogens is 348 g/mol. The smallest absolute Gasteiger partial charge is 0.410 e. The number of likely N-dealkylation sites (tertiary alicyclic amines) is 1. The van der Waals surface area contributed by atoms with Crippen LogP contribution in [0.3, 0.4) is 0 Å². The van der Waals surface area contributed by atoms with Crippen molar-refractivity contribution in [2.45, 2.75) is 103 Å². The highest BCUT2D eigenvalue weighted by Crippen LogP contribution is 2.39. The average molecular weight is 389 g/mol. The summed E-state index contributed by atoms with van der Waals surface area (Å²) < 4.78 is 12.1. The predicted octanol–water partition coefficient (Wildman–Crippen LogP) is 3.49. The van der Waals surface area contributed by atoms with Crippen molar-refractivity contribution < 1.29 is 19.1 Å². The van der Waals surface area contributed by atoms with Crippen LogP contribution in [0.15, 0.2) is 0 Å². The highest BCUT2D eigenvalue weighted by Gasteiger charge is 2.46. The highest BCUT2D eigenvalue weighted by atomic mass is 28.4. The maximum absolute atomic E-state index is 12.7. The minimum absolute atomic E-state index is 0.0686. The van der Waals surface area contributed by atoms with Gasteiger partial charge in [-0.1, -0.05) is 20.8 Å². The Labute approximate surface area is 160 Å². The number of nitrogens with zero attached hydrogens (tertiary/aromatic N) is 1. The van der Waals surface area contributed by atoms with Crippen LogP contribution >= 0.6 is 0 Å². The lowest BCUT2D eigenvalue weighted by Gasteiger charge is -2.38. The van der Waals surface area contributed by atoms with E-state index >= 15 is 0 Å². The van der Waals surface area contributed by atoms with E-state index < -0.39 is 20.0 Å². The molecule has 1 rings (SSSR count). The Morgan fingerprint density at radius 3 is 2.31 bits per heavy atom. The van der Waals surface area contributed by atoms with E-state index in [1.807, 2.05) is 20.8 Å². The van der Waals surface area contributed by atoms with Crippen LogP contribution in [0.4, 0.5) is 4.79 Å². The standard InChI is InChI=1S/C19H40N2O4Si/c1-18(2,3)24-17(23)21-13-14(25-26(7,8)19(4,5)6)12-15(21)16(22)10-9-11-20/h14-16,22H,9-13,20H2,1-8H3/t14-,15+,16-/m1/s1. The molecule has 1 fully saturated rings. The van der Waals surface area contributed by atoms with E-state index in [4.69, 9.17) is 14.9 Å². The van der Waals surface area contributed by atoms with Gasteiger partial charge in [0.05, 0.1) is 18.2 Å². The second kappa shape index (κ2) is 8.58. The average Bonchev–Trinajstić information content (AvgIpc) is 2.85. The molecule has 0 spiro atoms. The third kappa shape index (κ3) is 6.51.